The van der Waals surface area contributed by atoms with Gasteiger partial charge in [-0.2, -0.15) is 0 Å². The number of rotatable bonds is 10. The van der Waals surface area contributed by atoms with Crippen LogP contribution in [0.5, 0.6) is 0 Å². The highest BCUT2D eigenvalue weighted by Crippen LogP contribution is 2.24. The van der Waals surface area contributed by atoms with Crippen molar-refractivity contribution in [3.8, 4) is 0 Å². The molecule has 0 aliphatic carbocycles. The van der Waals surface area contributed by atoms with Crippen LogP contribution in [0.25, 0.3) is 0 Å². The van der Waals surface area contributed by atoms with Gasteiger partial charge in [0.05, 0.1) is 15.9 Å². The molecule has 23 heavy (non-hydrogen) atoms. The van der Waals surface area contributed by atoms with Crippen molar-refractivity contribution in [3.63, 3.8) is 0 Å². The van der Waals surface area contributed by atoms with Gasteiger partial charge in [0.25, 0.3) is 0 Å². The zero-order chi connectivity index (χ0) is 17.3. The Morgan fingerprint density at radius 2 is 1.96 bits per heavy atom. The monoisotopic (exact) mass is 342 g/mol. The Bertz CT molecular complexity index is 590. The summed E-state index contributed by atoms with van der Waals surface area (Å²) in [6, 6.07) is 6.65. The number of aliphatic hydroxyl groups excluding tert-OH is 1. The van der Waals surface area contributed by atoms with Gasteiger partial charge in [-0.1, -0.05) is 30.7 Å². The molecule has 1 rings (SSSR count). The first-order chi connectivity index (χ1) is 10.9. The number of aliphatic hydroxyl groups is 1. The van der Waals surface area contributed by atoms with Crippen LogP contribution in [-0.2, 0) is 19.3 Å². The largest absolute Gasteiger partial charge is 0.388 e. The lowest BCUT2D eigenvalue weighted by molar-refractivity contribution is -0.0308. The lowest BCUT2D eigenvalue weighted by Crippen LogP contribution is -2.18. The third kappa shape index (κ3) is 6.06. The number of hydrogen-bond acceptors (Lipinski definition) is 5. The van der Waals surface area contributed by atoms with Crippen molar-refractivity contribution in [2.24, 2.45) is 0 Å². The van der Waals surface area contributed by atoms with Gasteiger partial charge in [-0.25, -0.2) is 8.42 Å². The Labute approximate surface area is 138 Å². The van der Waals surface area contributed by atoms with Crippen molar-refractivity contribution in [2.45, 2.75) is 44.1 Å². The molecule has 1 aromatic rings. The minimum Gasteiger partial charge on any atom is -0.388 e. The van der Waals surface area contributed by atoms with Gasteiger partial charge < -0.3 is 14.6 Å². The fourth-order valence-corrected chi connectivity index (χ4v) is 3.68. The van der Waals surface area contributed by atoms with E-state index in [1.165, 1.54) is 0 Å². The second-order valence-corrected chi connectivity index (χ2v) is 7.25. The molecule has 1 unspecified atom stereocenters. The van der Waals surface area contributed by atoms with Crippen molar-refractivity contribution in [2.75, 3.05) is 20.5 Å². The summed E-state index contributed by atoms with van der Waals surface area (Å²) >= 11 is 0. The minimum atomic E-state index is -3.68. The molecule has 0 radical (unpaired) electrons. The summed E-state index contributed by atoms with van der Waals surface area (Å²) in [6.45, 7) is 4.35. The standard InChI is InChI=1S/C17H26O5S/c1-4-16(18)17(7-5-6-12-22-13-21-3)23(19,20)15-10-8-14(2)9-11-15/h7-11,16,18H,4-6,12-13H2,1-3H3/b17-7+. The van der Waals surface area contributed by atoms with E-state index in [1.54, 1.807) is 44.4 Å². The van der Waals surface area contributed by atoms with E-state index < -0.39 is 15.9 Å². The highest BCUT2D eigenvalue weighted by atomic mass is 32.2. The fraction of sp³-hybridized carbons (Fsp3) is 0.529. The molecule has 0 saturated carbocycles. The topological polar surface area (TPSA) is 72.8 Å². The third-order valence-electron chi connectivity index (χ3n) is 3.40. The quantitative estimate of drug-likeness (QED) is 0.523. The lowest BCUT2D eigenvalue weighted by atomic mass is 10.2. The van der Waals surface area contributed by atoms with E-state index in [0.29, 0.717) is 25.9 Å². The van der Waals surface area contributed by atoms with Crippen LogP contribution in [0.15, 0.2) is 40.1 Å². The van der Waals surface area contributed by atoms with Crippen LogP contribution in [-0.4, -0.2) is 40.1 Å². The van der Waals surface area contributed by atoms with Crippen LogP contribution in [0, 0.1) is 6.92 Å². The molecular formula is C17H26O5S. The van der Waals surface area contributed by atoms with Gasteiger partial charge >= 0.3 is 0 Å². The zero-order valence-electron chi connectivity index (χ0n) is 14.0. The first kappa shape index (κ1) is 19.8. The number of aryl methyl sites for hydroxylation is 1. The van der Waals surface area contributed by atoms with Gasteiger partial charge in [0.15, 0.2) is 0 Å². The van der Waals surface area contributed by atoms with E-state index in [-0.39, 0.29) is 16.6 Å². The Hall–Kier alpha value is -1.21. The fourth-order valence-electron chi connectivity index (χ4n) is 2.05. The van der Waals surface area contributed by atoms with Crippen LogP contribution in [0.4, 0.5) is 0 Å². The van der Waals surface area contributed by atoms with Crippen LogP contribution in [0.3, 0.4) is 0 Å². The summed E-state index contributed by atoms with van der Waals surface area (Å²) in [4.78, 5) is 0.271. The number of methoxy groups -OCH3 is 1. The first-order valence-electron chi connectivity index (χ1n) is 7.70. The minimum absolute atomic E-state index is 0.0654. The molecule has 0 spiro atoms. The highest BCUT2D eigenvalue weighted by Gasteiger charge is 2.25. The van der Waals surface area contributed by atoms with E-state index in [9.17, 15) is 13.5 Å². The molecule has 0 aliphatic heterocycles. The van der Waals surface area contributed by atoms with E-state index in [0.717, 1.165) is 5.56 Å². The van der Waals surface area contributed by atoms with Gasteiger partial charge in [0.1, 0.15) is 6.79 Å². The average Bonchev–Trinajstić information content (AvgIpc) is 2.53. The van der Waals surface area contributed by atoms with Crippen LogP contribution >= 0.6 is 0 Å². The first-order valence-corrected chi connectivity index (χ1v) is 9.18. The van der Waals surface area contributed by atoms with Crippen molar-refractivity contribution in [1.82, 2.24) is 0 Å². The molecule has 0 fully saturated rings. The van der Waals surface area contributed by atoms with Crippen molar-refractivity contribution >= 4 is 9.84 Å². The van der Waals surface area contributed by atoms with Crippen molar-refractivity contribution in [1.29, 1.82) is 0 Å². The molecule has 1 atom stereocenters. The number of hydrogen-bond donors (Lipinski definition) is 1. The van der Waals surface area contributed by atoms with Crippen LogP contribution in [0.2, 0.25) is 0 Å². The summed E-state index contributed by atoms with van der Waals surface area (Å²) in [7, 11) is -2.14. The molecule has 0 aliphatic rings. The van der Waals surface area contributed by atoms with Gasteiger partial charge in [0, 0.05) is 13.7 Å². The number of sulfone groups is 1. The Morgan fingerprint density at radius 1 is 1.30 bits per heavy atom. The maximum Gasteiger partial charge on any atom is 0.205 e. The summed E-state index contributed by atoms with van der Waals surface area (Å²) in [5, 5.41) is 10.1. The SMILES string of the molecule is CCC(O)/C(=C\CCCOCOC)S(=O)(=O)c1ccc(C)cc1. The molecule has 0 aromatic heterocycles. The van der Waals surface area contributed by atoms with E-state index in [2.05, 4.69) is 0 Å². The second kappa shape index (κ2) is 9.82. The molecule has 1 N–H and O–H groups in total. The summed E-state index contributed by atoms with van der Waals surface area (Å²) in [6.07, 6.45) is 2.12. The average molecular weight is 342 g/mol. The van der Waals surface area contributed by atoms with Gasteiger partial charge in [-0.05, 0) is 38.3 Å². The predicted molar refractivity (Wildman–Crippen MR) is 89.8 cm³/mol. The zero-order valence-corrected chi connectivity index (χ0v) is 14.8. The number of allylic oxidation sites excluding steroid dienone is 1. The predicted octanol–water partition coefficient (Wildman–Crippen LogP) is 2.82. The molecule has 5 nitrogen and oxygen atoms in total. The van der Waals surface area contributed by atoms with Crippen LogP contribution in [0.1, 0.15) is 31.7 Å². The smallest absolute Gasteiger partial charge is 0.205 e. The number of unbranched alkanes of at least 4 members (excludes halogenated alkanes) is 1. The van der Waals surface area contributed by atoms with E-state index in [1.807, 2.05) is 6.92 Å². The second-order valence-electron chi connectivity index (χ2n) is 5.30. The number of benzene rings is 1. The maximum atomic E-state index is 12.7. The Balaban J connectivity index is 2.90. The van der Waals surface area contributed by atoms with Crippen molar-refractivity contribution in [3.05, 3.63) is 40.8 Å². The van der Waals surface area contributed by atoms with Gasteiger partial charge in [0.2, 0.25) is 9.84 Å². The molecule has 1 aromatic carbocycles. The van der Waals surface area contributed by atoms with Gasteiger partial charge in [-0.15, -0.1) is 0 Å². The molecule has 130 valence electrons. The Kier molecular flexibility index (Phi) is 8.47. The summed E-state index contributed by atoms with van der Waals surface area (Å²) in [5.74, 6) is 0. The highest BCUT2D eigenvalue weighted by molar-refractivity contribution is 7.95. The number of ether oxygens (including phenoxy) is 2. The molecule has 0 saturated heterocycles. The summed E-state index contributed by atoms with van der Waals surface area (Å²) < 4.78 is 35.4. The molecule has 6 heteroatoms. The van der Waals surface area contributed by atoms with E-state index >= 15 is 0 Å². The molecule has 0 amide bonds. The Morgan fingerprint density at radius 3 is 2.52 bits per heavy atom. The molecule has 0 bridgehead atoms. The maximum absolute atomic E-state index is 12.7. The lowest BCUT2D eigenvalue weighted by Gasteiger charge is -2.14. The van der Waals surface area contributed by atoms with Crippen LogP contribution < -0.4 is 0 Å². The van der Waals surface area contributed by atoms with Gasteiger partial charge in [-0.3, -0.25) is 0 Å². The van der Waals surface area contributed by atoms with E-state index in [4.69, 9.17) is 9.47 Å². The third-order valence-corrected chi connectivity index (χ3v) is 5.35. The van der Waals surface area contributed by atoms with Crippen molar-refractivity contribution < 1.29 is 23.0 Å². The molecular weight excluding hydrogens is 316 g/mol. The normalized spacial score (nSPS) is 14.0. The summed E-state index contributed by atoms with van der Waals surface area (Å²) in [5.41, 5.74) is 0.987. The molecule has 0 heterocycles.